The van der Waals surface area contributed by atoms with Crippen LogP contribution in [-0.2, 0) is 4.79 Å². The van der Waals surface area contributed by atoms with Crippen molar-refractivity contribution in [2.45, 2.75) is 33.6 Å². The lowest BCUT2D eigenvalue weighted by atomic mass is 10.1. The average molecular weight is 336 g/mol. The smallest absolute Gasteiger partial charge is 0.259 e. The summed E-state index contributed by atoms with van der Waals surface area (Å²) in [4.78, 5) is 28.7. The van der Waals surface area contributed by atoms with Gasteiger partial charge in [-0.25, -0.2) is 0 Å². The second kappa shape index (κ2) is 7.09. The van der Waals surface area contributed by atoms with Crippen LogP contribution in [-0.4, -0.2) is 29.9 Å². The standard InChI is InChI=1S/C21H24N2O2/c1-15-6-8-19(9-7-15)23(14-22-10-4-5-20(22)24)21(25)18-12-16(2)11-17(3)13-18/h6-9,11-13H,4-5,10,14H2,1-3H3. The molecule has 0 saturated carbocycles. The van der Waals surface area contributed by atoms with E-state index >= 15 is 0 Å². The maximum atomic E-state index is 13.2. The molecule has 4 nitrogen and oxygen atoms in total. The summed E-state index contributed by atoms with van der Waals surface area (Å²) in [6.45, 7) is 7.01. The topological polar surface area (TPSA) is 40.6 Å². The fraction of sp³-hybridized carbons (Fsp3) is 0.333. The van der Waals surface area contributed by atoms with Gasteiger partial charge >= 0.3 is 0 Å². The SMILES string of the molecule is Cc1ccc(N(CN2CCCC2=O)C(=O)c2cc(C)cc(C)c2)cc1. The summed E-state index contributed by atoms with van der Waals surface area (Å²) < 4.78 is 0. The number of anilines is 1. The van der Waals surface area contributed by atoms with E-state index in [-0.39, 0.29) is 11.8 Å². The number of rotatable bonds is 4. The Hall–Kier alpha value is -2.62. The van der Waals surface area contributed by atoms with Crippen LogP contribution in [0.1, 0.15) is 39.9 Å². The zero-order valence-corrected chi connectivity index (χ0v) is 15.1. The zero-order chi connectivity index (χ0) is 18.0. The van der Waals surface area contributed by atoms with Gasteiger partial charge in [-0.05, 0) is 51.5 Å². The number of benzene rings is 2. The quantitative estimate of drug-likeness (QED) is 0.851. The molecule has 1 heterocycles. The average Bonchev–Trinajstić information content (AvgIpc) is 2.97. The number of hydrogen-bond acceptors (Lipinski definition) is 2. The van der Waals surface area contributed by atoms with Gasteiger partial charge in [0.25, 0.3) is 5.91 Å². The van der Waals surface area contributed by atoms with E-state index in [1.165, 1.54) is 0 Å². The Morgan fingerprint density at radius 3 is 2.20 bits per heavy atom. The van der Waals surface area contributed by atoms with Crippen molar-refractivity contribution in [1.82, 2.24) is 4.90 Å². The van der Waals surface area contributed by atoms with Crippen molar-refractivity contribution in [1.29, 1.82) is 0 Å². The molecule has 2 amide bonds. The van der Waals surface area contributed by atoms with E-state index in [0.717, 1.165) is 28.8 Å². The summed E-state index contributed by atoms with van der Waals surface area (Å²) in [7, 11) is 0. The van der Waals surface area contributed by atoms with Crippen LogP contribution in [0, 0.1) is 20.8 Å². The summed E-state index contributed by atoms with van der Waals surface area (Å²) in [6.07, 6.45) is 1.43. The monoisotopic (exact) mass is 336 g/mol. The molecule has 130 valence electrons. The van der Waals surface area contributed by atoms with E-state index in [9.17, 15) is 9.59 Å². The molecule has 0 unspecified atom stereocenters. The Morgan fingerprint density at radius 2 is 1.64 bits per heavy atom. The first kappa shape index (κ1) is 17.2. The number of hydrogen-bond donors (Lipinski definition) is 0. The highest BCUT2D eigenvalue weighted by Crippen LogP contribution is 2.22. The van der Waals surface area contributed by atoms with Crippen LogP contribution in [0.15, 0.2) is 42.5 Å². The third kappa shape index (κ3) is 3.90. The van der Waals surface area contributed by atoms with Gasteiger partial charge in [0.05, 0.1) is 0 Å². The first-order chi connectivity index (χ1) is 11.9. The molecule has 2 aromatic carbocycles. The largest absolute Gasteiger partial charge is 0.324 e. The number of likely N-dealkylation sites (tertiary alicyclic amines) is 1. The number of carbonyl (C=O) groups is 2. The van der Waals surface area contributed by atoms with Crippen molar-refractivity contribution in [3.8, 4) is 0 Å². The minimum absolute atomic E-state index is 0.0737. The van der Waals surface area contributed by atoms with E-state index < -0.39 is 0 Å². The molecule has 1 aliphatic rings. The molecule has 0 spiro atoms. The molecule has 0 radical (unpaired) electrons. The van der Waals surface area contributed by atoms with Crippen LogP contribution in [0.25, 0.3) is 0 Å². The van der Waals surface area contributed by atoms with Crippen molar-refractivity contribution in [2.75, 3.05) is 18.1 Å². The summed E-state index contributed by atoms with van der Waals surface area (Å²) >= 11 is 0. The predicted molar refractivity (Wildman–Crippen MR) is 99.7 cm³/mol. The molecule has 25 heavy (non-hydrogen) atoms. The second-order valence-corrected chi connectivity index (χ2v) is 6.85. The number of carbonyl (C=O) groups excluding carboxylic acids is 2. The number of amides is 2. The zero-order valence-electron chi connectivity index (χ0n) is 15.1. The van der Waals surface area contributed by atoms with Crippen molar-refractivity contribution < 1.29 is 9.59 Å². The molecule has 1 saturated heterocycles. The molecule has 0 bridgehead atoms. The van der Waals surface area contributed by atoms with Gasteiger partial charge in [-0.2, -0.15) is 0 Å². The number of nitrogens with zero attached hydrogens (tertiary/aromatic N) is 2. The van der Waals surface area contributed by atoms with Gasteiger partial charge in [-0.1, -0.05) is 34.9 Å². The molecule has 4 heteroatoms. The van der Waals surface area contributed by atoms with Crippen LogP contribution >= 0.6 is 0 Å². The minimum atomic E-state index is -0.0737. The molecule has 1 fully saturated rings. The summed E-state index contributed by atoms with van der Waals surface area (Å²) in [5, 5.41) is 0. The fourth-order valence-corrected chi connectivity index (χ4v) is 3.27. The second-order valence-electron chi connectivity index (χ2n) is 6.85. The molecule has 3 rings (SSSR count). The van der Waals surface area contributed by atoms with Gasteiger partial charge in [0.1, 0.15) is 6.67 Å². The van der Waals surface area contributed by atoms with Crippen molar-refractivity contribution in [3.05, 3.63) is 64.7 Å². The Bertz CT molecular complexity index is 776. The molecule has 2 aromatic rings. The lowest BCUT2D eigenvalue weighted by Gasteiger charge is -2.28. The summed E-state index contributed by atoms with van der Waals surface area (Å²) in [6, 6.07) is 13.7. The van der Waals surface area contributed by atoms with E-state index in [4.69, 9.17) is 0 Å². The molecule has 0 aliphatic carbocycles. The van der Waals surface area contributed by atoms with Crippen LogP contribution in [0.2, 0.25) is 0 Å². The van der Waals surface area contributed by atoms with Crippen LogP contribution < -0.4 is 4.90 Å². The first-order valence-corrected chi connectivity index (χ1v) is 8.68. The van der Waals surface area contributed by atoms with Crippen molar-refractivity contribution >= 4 is 17.5 Å². The molecule has 0 atom stereocenters. The lowest BCUT2D eigenvalue weighted by Crippen LogP contribution is -2.42. The molecule has 1 aliphatic heterocycles. The Balaban J connectivity index is 1.95. The molecular formula is C21H24N2O2. The van der Waals surface area contributed by atoms with Gasteiger partial charge in [0.15, 0.2) is 0 Å². The van der Waals surface area contributed by atoms with Crippen LogP contribution in [0.5, 0.6) is 0 Å². The molecular weight excluding hydrogens is 312 g/mol. The molecule has 0 N–H and O–H groups in total. The van der Waals surface area contributed by atoms with E-state index in [1.54, 1.807) is 9.80 Å². The number of aryl methyl sites for hydroxylation is 3. The highest BCUT2D eigenvalue weighted by atomic mass is 16.2. The lowest BCUT2D eigenvalue weighted by molar-refractivity contribution is -0.127. The van der Waals surface area contributed by atoms with Crippen LogP contribution in [0.4, 0.5) is 5.69 Å². The minimum Gasteiger partial charge on any atom is -0.324 e. The third-order valence-corrected chi connectivity index (χ3v) is 4.54. The fourth-order valence-electron chi connectivity index (χ4n) is 3.27. The Kier molecular flexibility index (Phi) is 4.88. The highest BCUT2D eigenvalue weighted by molar-refractivity contribution is 6.06. The Labute approximate surface area is 149 Å². The van der Waals surface area contributed by atoms with Crippen molar-refractivity contribution in [2.24, 2.45) is 0 Å². The van der Waals surface area contributed by atoms with Gasteiger partial charge in [-0.15, -0.1) is 0 Å². The predicted octanol–water partition coefficient (Wildman–Crippen LogP) is 3.84. The van der Waals surface area contributed by atoms with E-state index in [0.29, 0.717) is 25.2 Å². The summed E-state index contributed by atoms with van der Waals surface area (Å²) in [5.74, 6) is 0.0423. The van der Waals surface area contributed by atoms with Gasteiger partial charge in [0.2, 0.25) is 5.91 Å². The van der Waals surface area contributed by atoms with Gasteiger partial charge < -0.3 is 4.90 Å². The maximum absolute atomic E-state index is 13.2. The maximum Gasteiger partial charge on any atom is 0.259 e. The summed E-state index contributed by atoms with van der Waals surface area (Å²) in [5.41, 5.74) is 4.73. The van der Waals surface area contributed by atoms with E-state index in [1.807, 2.05) is 57.2 Å². The highest BCUT2D eigenvalue weighted by Gasteiger charge is 2.26. The molecule has 0 aromatic heterocycles. The van der Waals surface area contributed by atoms with Gasteiger partial charge in [0, 0.05) is 24.2 Å². The van der Waals surface area contributed by atoms with E-state index in [2.05, 4.69) is 6.07 Å². The first-order valence-electron chi connectivity index (χ1n) is 8.68. The van der Waals surface area contributed by atoms with Gasteiger partial charge in [-0.3, -0.25) is 14.5 Å². The normalized spacial score (nSPS) is 14.0. The van der Waals surface area contributed by atoms with Crippen molar-refractivity contribution in [3.63, 3.8) is 0 Å². The third-order valence-electron chi connectivity index (χ3n) is 4.54. The Morgan fingerprint density at radius 1 is 1.00 bits per heavy atom. The van der Waals surface area contributed by atoms with Crippen LogP contribution in [0.3, 0.4) is 0 Å².